The molecular formula is C13H19Cl2FeN5-4. The van der Waals surface area contributed by atoms with Crippen LogP contribution in [-0.2, 0) is 26.2 Å². The standard InChI is InChI=1S/C13H19N5.2ClH.Fe/c1-2-12-10-16-8-6-14-4-5-15-7-9-17-11-13(3-1)18-12;;;/h1-3H,4-11H2;2*1H;/q-4;;;+2/p-2. The van der Waals surface area contributed by atoms with Gasteiger partial charge in [0.05, 0.1) is 0 Å². The molecule has 1 aromatic heterocycles. The maximum Gasteiger partial charge on any atom is 0.0201 e. The molecule has 0 unspecified atom stereocenters. The summed E-state index contributed by atoms with van der Waals surface area (Å²) in [5, 5.41) is 17.6. The minimum absolute atomic E-state index is 0.194. The van der Waals surface area contributed by atoms with Gasteiger partial charge in [0.1, 0.15) is 0 Å². The minimum atomic E-state index is 0.194. The second-order valence-electron chi connectivity index (χ2n) is 4.22. The van der Waals surface area contributed by atoms with Crippen molar-refractivity contribution in [3.8, 4) is 0 Å². The quantitative estimate of drug-likeness (QED) is 0.636. The minimum Gasteiger partial charge on any atom is -0.665 e. The van der Waals surface area contributed by atoms with Crippen LogP contribution in [0, 0.1) is 0 Å². The van der Waals surface area contributed by atoms with Crippen molar-refractivity contribution >= 4 is 20.2 Å². The van der Waals surface area contributed by atoms with Gasteiger partial charge in [-0.1, -0.05) is 6.07 Å². The van der Waals surface area contributed by atoms with Crippen molar-refractivity contribution in [2.24, 2.45) is 0 Å². The Kier molecular flexibility index (Phi) is 12.5. The number of aromatic nitrogens is 1. The smallest absolute Gasteiger partial charge is 0.0201 e. The van der Waals surface area contributed by atoms with E-state index >= 15 is 0 Å². The van der Waals surface area contributed by atoms with Crippen molar-refractivity contribution in [2.45, 2.75) is 13.1 Å². The van der Waals surface area contributed by atoms with Crippen LogP contribution < -0.4 is 0 Å². The van der Waals surface area contributed by atoms with Crippen LogP contribution in [0.2, 0.25) is 0 Å². The van der Waals surface area contributed by atoms with Crippen LogP contribution in [0.4, 0.5) is 0 Å². The molecule has 21 heavy (non-hydrogen) atoms. The summed E-state index contributed by atoms with van der Waals surface area (Å²) >= 11 is 0.194. The average molecular weight is 372 g/mol. The van der Waals surface area contributed by atoms with E-state index in [-0.39, 0.29) is 13.1 Å². The van der Waals surface area contributed by atoms with Crippen LogP contribution >= 0.6 is 20.2 Å². The number of fused-ring (bicyclic) bond motifs is 2. The summed E-state index contributed by atoms with van der Waals surface area (Å²) in [7, 11) is 9.53. The van der Waals surface area contributed by atoms with Crippen molar-refractivity contribution in [2.75, 3.05) is 39.3 Å². The third kappa shape index (κ3) is 10.4. The molecule has 1 aliphatic rings. The number of rotatable bonds is 0. The maximum atomic E-state index is 4.76. The molecule has 0 amide bonds. The van der Waals surface area contributed by atoms with Crippen molar-refractivity contribution in [3.63, 3.8) is 0 Å². The molecule has 2 rings (SSSR count). The second kappa shape index (κ2) is 13.7. The summed E-state index contributed by atoms with van der Waals surface area (Å²) in [4.78, 5) is 4.53. The molecule has 1 aliphatic heterocycles. The van der Waals surface area contributed by atoms with Gasteiger partial charge in [-0.05, 0) is 12.1 Å². The molecule has 8 heteroatoms. The van der Waals surface area contributed by atoms with E-state index in [1.165, 1.54) is 0 Å². The van der Waals surface area contributed by atoms with Gasteiger partial charge in [-0.15, -0.1) is 13.1 Å². The molecule has 1 aromatic rings. The molecule has 0 saturated carbocycles. The number of pyridine rings is 1. The van der Waals surface area contributed by atoms with Crippen molar-refractivity contribution in [3.05, 3.63) is 50.9 Å². The molecule has 122 valence electrons. The van der Waals surface area contributed by atoms with Gasteiger partial charge in [-0.25, -0.2) is 0 Å². The topological polar surface area (TPSA) is 69.3 Å². The molecule has 2 heterocycles. The molecule has 5 nitrogen and oxygen atoms in total. The zero-order valence-corrected chi connectivity index (χ0v) is 14.4. The first-order chi connectivity index (χ1) is 10.4. The fourth-order valence-electron chi connectivity index (χ4n) is 1.74. The van der Waals surface area contributed by atoms with Crippen LogP contribution in [0.3, 0.4) is 0 Å². The van der Waals surface area contributed by atoms with Gasteiger partial charge in [0.15, 0.2) is 0 Å². The molecule has 0 radical (unpaired) electrons. The van der Waals surface area contributed by atoms with Crippen LogP contribution in [0.5, 0.6) is 0 Å². The van der Waals surface area contributed by atoms with Gasteiger partial charge >= 0.3 is 33.3 Å². The van der Waals surface area contributed by atoms with Gasteiger partial charge in [0.2, 0.25) is 0 Å². The monoisotopic (exact) mass is 371 g/mol. The Balaban J connectivity index is 0.000000677. The Labute approximate surface area is 141 Å². The van der Waals surface area contributed by atoms with Crippen molar-refractivity contribution in [1.82, 2.24) is 4.98 Å². The van der Waals surface area contributed by atoms with Gasteiger partial charge < -0.3 is 21.3 Å². The van der Waals surface area contributed by atoms with Crippen LogP contribution in [0.1, 0.15) is 11.4 Å². The average Bonchev–Trinajstić information content (AvgIpc) is 2.49. The summed E-state index contributed by atoms with van der Waals surface area (Å²) in [5.74, 6) is 0. The van der Waals surface area contributed by atoms with E-state index in [0.29, 0.717) is 13.1 Å². The third-order valence-corrected chi connectivity index (χ3v) is 2.66. The first-order valence-corrected chi connectivity index (χ1v) is 9.73. The molecule has 0 saturated heterocycles. The normalized spacial score (nSPS) is 18.0. The van der Waals surface area contributed by atoms with Gasteiger partial charge in [0.25, 0.3) is 0 Å². The molecule has 0 fully saturated rings. The predicted octanol–water partition coefficient (Wildman–Crippen LogP) is 3.97. The second-order valence-corrected chi connectivity index (χ2v) is 6.05. The zero-order chi connectivity index (χ0) is 15.2. The Hall–Kier alpha value is 0.0895. The Morgan fingerprint density at radius 1 is 0.762 bits per heavy atom. The first kappa shape index (κ1) is 19.1. The summed E-state index contributed by atoms with van der Waals surface area (Å²) in [6.07, 6.45) is 0. The van der Waals surface area contributed by atoms with Crippen molar-refractivity contribution in [1.29, 1.82) is 0 Å². The SMILES string of the molecule is [Cl][Fe][Cl].c1cc2nc(c1)C[N-]CC[N-]CC[N-]CC[N-]C2. The van der Waals surface area contributed by atoms with Gasteiger partial charge in [-0.2, -0.15) is 39.3 Å². The zero-order valence-electron chi connectivity index (χ0n) is 11.7. The predicted molar refractivity (Wildman–Crippen MR) is 86.0 cm³/mol. The Bertz CT molecular complexity index is 341. The molecule has 0 aliphatic carbocycles. The number of nitrogens with zero attached hydrogens (tertiary/aromatic N) is 5. The van der Waals surface area contributed by atoms with E-state index in [1.807, 2.05) is 18.2 Å². The van der Waals surface area contributed by atoms with E-state index in [9.17, 15) is 0 Å². The molecular weight excluding hydrogens is 353 g/mol. The van der Waals surface area contributed by atoms with E-state index < -0.39 is 0 Å². The van der Waals surface area contributed by atoms with E-state index in [1.54, 1.807) is 0 Å². The summed E-state index contributed by atoms with van der Waals surface area (Å²) < 4.78 is 0. The first-order valence-electron chi connectivity index (χ1n) is 6.70. The molecule has 0 aromatic carbocycles. The van der Waals surface area contributed by atoms with Gasteiger partial charge in [0, 0.05) is 11.4 Å². The Morgan fingerprint density at radius 2 is 1.14 bits per heavy atom. The summed E-state index contributed by atoms with van der Waals surface area (Å²) in [6, 6.07) is 6.05. The summed E-state index contributed by atoms with van der Waals surface area (Å²) in [5.41, 5.74) is 2.03. The van der Waals surface area contributed by atoms with E-state index in [0.717, 1.165) is 50.7 Å². The van der Waals surface area contributed by atoms with E-state index in [2.05, 4.69) is 26.3 Å². The van der Waals surface area contributed by atoms with Crippen LogP contribution in [0.25, 0.3) is 21.3 Å². The largest absolute Gasteiger partial charge is 0.665 e. The molecule has 0 atom stereocenters. The van der Waals surface area contributed by atoms with Crippen LogP contribution in [0.15, 0.2) is 18.2 Å². The third-order valence-electron chi connectivity index (χ3n) is 2.66. The van der Waals surface area contributed by atoms with Gasteiger partial charge in [-0.3, -0.25) is 4.98 Å². The van der Waals surface area contributed by atoms with Crippen LogP contribution in [-0.4, -0.2) is 44.3 Å². The number of hydrogen-bond acceptors (Lipinski definition) is 1. The molecule has 2 bridgehead atoms. The number of hydrogen-bond donors (Lipinski definition) is 0. The van der Waals surface area contributed by atoms with Crippen molar-refractivity contribution < 1.29 is 13.1 Å². The molecule has 0 spiro atoms. The summed E-state index contributed by atoms with van der Waals surface area (Å²) in [6.45, 7) is 6.09. The number of halogens is 2. The van der Waals surface area contributed by atoms with E-state index in [4.69, 9.17) is 20.2 Å². The fraction of sp³-hybridized carbons (Fsp3) is 0.615. The molecule has 0 N–H and O–H groups in total. The fourth-order valence-corrected chi connectivity index (χ4v) is 1.74. The Morgan fingerprint density at radius 3 is 1.57 bits per heavy atom. The maximum absolute atomic E-state index is 4.76.